The summed E-state index contributed by atoms with van der Waals surface area (Å²) in [7, 11) is 1.94. The first-order valence-electron chi connectivity index (χ1n) is 8.77. The van der Waals surface area contributed by atoms with Crippen molar-refractivity contribution in [2.45, 2.75) is 13.2 Å². The highest BCUT2D eigenvalue weighted by molar-refractivity contribution is 7.96. The highest BCUT2D eigenvalue weighted by Gasteiger charge is 2.11. The first-order chi connectivity index (χ1) is 13.5. The third-order valence-corrected chi connectivity index (χ3v) is 4.33. The standard InChI is InChI=1S/C22H21FN2O2S/c1-25(14-16-7-9-18(23)10-8-16)19-11-12-20(24-22(26)28)21(13-19)27-15-17-5-3-2-4-6-17/h2-13H,14-15H2,1H3,(H2,24,26,28). The largest absolute Gasteiger partial charge is 0.487 e. The second kappa shape index (κ2) is 9.28. The zero-order valence-electron chi connectivity index (χ0n) is 15.4. The summed E-state index contributed by atoms with van der Waals surface area (Å²) in [5.74, 6) is 0.296. The summed E-state index contributed by atoms with van der Waals surface area (Å²) < 4.78 is 19.1. The van der Waals surface area contributed by atoms with Gasteiger partial charge in [0, 0.05) is 25.3 Å². The fraction of sp³-hybridized carbons (Fsp3) is 0.136. The van der Waals surface area contributed by atoms with E-state index < -0.39 is 5.24 Å². The molecule has 4 nitrogen and oxygen atoms in total. The number of anilines is 2. The molecule has 3 aromatic carbocycles. The van der Waals surface area contributed by atoms with Gasteiger partial charge in [0.25, 0.3) is 5.24 Å². The number of hydrogen-bond donors (Lipinski definition) is 2. The summed E-state index contributed by atoms with van der Waals surface area (Å²) in [6, 6.07) is 21.7. The third-order valence-electron chi connectivity index (χ3n) is 4.22. The molecule has 0 aromatic heterocycles. The molecule has 0 radical (unpaired) electrons. The van der Waals surface area contributed by atoms with Gasteiger partial charge in [0.2, 0.25) is 0 Å². The van der Waals surface area contributed by atoms with Gasteiger partial charge in [-0.05, 0) is 35.4 Å². The Balaban J connectivity index is 1.79. The van der Waals surface area contributed by atoms with Gasteiger partial charge in [-0.1, -0.05) is 55.1 Å². The average Bonchev–Trinajstić information content (AvgIpc) is 2.69. The van der Waals surface area contributed by atoms with Crippen molar-refractivity contribution in [3.63, 3.8) is 0 Å². The third kappa shape index (κ3) is 5.50. The molecule has 1 amide bonds. The fourth-order valence-corrected chi connectivity index (χ4v) is 2.90. The summed E-state index contributed by atoms with van der Waals surface area (Å²) in [6.45, 7) is 0.984. The zero-order chi connectivity index (χ0) is 19.9. The molecule has 0 aliphatic rings. The van der Waals surface area contributed by atoms with E-state index >= 15 is 0 Å². The molecule has 144 valence electrons. The molecule has 0 saturated heterocycles. The Labute approximate surface area is 169 Å². The van der Waals surface area contributed by atoms with E-state index in [9.17, 15) is 9.18 Å². The predicted molar refractivity (Wildman–Crippen MR) is 114 cm³/mol. The van der Waals surface area contributed by atoms with Gasteiger partial charge in [0.05, 0.1) is 5.69 Å². The number of nitrogens with one attached hydrogen (secondary N) is 1. The lowest BCUT2D eigenvalue weighted by atomic mass is 10.2. The van der Waals surface area contributed by atoms with E-state index in [0.717, 1.165) is 16.8 Å². The Morgan fingerprint density at radius 1 is 1.04 bits per heavy atom. The Morgan fingerprint density at radius 3 is 2.43 bits per heavy atom. The maximum Gasteiger partial charge on any atom is 0.280 e. The Bertz CT molecular complexity index is 933. The molecule has 0 aliphatic carbocycles. The number of nitrogens with zero attached hydrogens (tertiary/aromatic N) is 1. The van der Waals surface area contributed by atoms with Crippen LogP contribution in [-0.2, 0) is 13.2 Å². The van der Waals surface area contributed by atoms with Gasteiger partial charge in [-0.3, -0.25) is 4.79 Å². The van der Waals surface area contributed by atoms with Crippen LogP contribution in [0.25, 0.3) is 0 Å². The number of hydrogen-bond acceptors (Lipinski definition) is 3. The van der Waals surface area contributed by atoms with Crippen LogP contribution in [0, 0.1) is 5.82 Å². The number of thiol groups is 1. The molecule has 3 aromatic rings. The molecule has 0 unspecified atom stereocenters. The number of ether oxygens (including phenoxy) is 1. The topological polar surface area (TPSA) is 41.6 Å². The summed E-state index contributed by atoms with van der Waals surface area (Å²) in [6.07, 6.45) is 0. The van der Waals surface area contributed by atoms with Gasteiger partial charge in [0.1, 0.15) is 18.2 Å². The highest BCUT2D eigenvalue weighted by Crippen LogP contribution is 2.31. The average molecular weight is 396 g/mol. The van der Waals surface area contributed by atoms with Crippen LogP contribution in [0.2, 0.25) is 0 Å². The van der Waals surface area contributed by atoms with E-state index in [0.29, 0.717) is 24.6 Å². The lowest BCUT2D eigenvalue weighted by molar-refractivity contribution is 0.269. The number of carbonyl (C=O) groups excluding carboxylic acids is 1. The molecule has 0 aliphatic heterocycles. The maximum absolute atomic E-state index is 13.1. The van der Waals surface area contributed by atoms with Crippen LogP contribution >= 0.6 is 12.6 Å². The van der Waals surface area contributed by atoms with Crippen LogP contribution in [0.1, 0.15) is 11.1 Å². The molecule has 0 spiro atoms. The van der Waals surface area contributed by atoms with Gasteiger partial charge >= 0.3 is 0 Å². The first-order valence-corrected chi connectivity index (χ1v) is 9.22. The SMILES string of the molecule is CN(Cc1ccc(F)cc1)c1ccc(NC(=O)S)c(OCc2ccccc2)c1. The van der Waals surface area contributed by atoms with E-state index in [4.69, 9.17) is 4.74 Å². The van der Waals surface area contributed by atoms with Crippen LogP contribution < -0.4 is 15.0 Å². The van der Waals surface area contributed by atoms with Crippen LogP contribution in [0.3, 0.4) is 0 Å². The van der Waals surface area contributed by atoms with E-state index in [-0.39, 0.29) is 5.82 Å². The van der Waals surface area contributed by atoms with Crippen molar-refractivity contribution in [3.05, 3.63) is 89.7 Å². The molecule has 0 saturated carbocycles. The lowest BCUT2D eigenvalue weighted by Crippen LogP contribution is -2.16. The van der Waals surface area contributed by atoms with Crippen LogP contribution in [-0.4, -0.2) is 12.3 Å². The summed E-state index contributed by atoms with van der Waals surface area (Å²) in [5, 5.41) is 2.21. The monoisotopic (exact) mass is 396 g/mol. The van der Waals surface area contributed by atoms with Crippen molar-refractivity contribution in [2.24, 2.45) is 0 Å². The summed E-state index contributed by atoms with van der Waals surface area (Å²) in [4.78, 5) is 13.4. The van der Waals surface area contributed by atoms with E-state index in [2.05, 4.69) is 17.9 Å². The lowest BCUT2D eigenvalue weighted by Gasteiger charge is -2.21. The van der Waals surface area contributed by atoms with Crippen molar-refractivity contribution in [3.8, 4) is 5.75 Å². The number of halogens is 1. The van der Waals surface area contributed by atoms with Crippen LogP contribution in [0.5, 0.6) is 5.75 Å². The Morgan fingerprint density at radius 2 is 1.75 bits per heavy atom. The van der Waals surface area contributed by atoms with Gasteiger partial charge < -0.3 is 15.0 Å². The minimum Gasteiger partial charge on any atom is -0.487 e. The van der Waals surface area contributed by atoms with Gasteiger partial charge in [-0.25, -0.2) is 4.39 Å². The van der Waals surface area contributed by atoms with E-state index in [1.807, 2.05) is 54.4 Å². The zero-order valence-corrected chi connectivity index (χ0v) is 16.3. The molecular formula is C22H21FN2O2S. The molecule has 6 heteroatoms. The minimum atomic E-state index is -0.461. The Kier molecular flexibility index (Phi) is 6.55. The van der Waals surface area contributed by atoms with Gasteiger partial charge in [-0.2, -0.15) is 0 Å². The molecular weight excluding hydrogens is 375 g/mol. The summed E-state index contributed by atoms with van der Waals surface area (Å²) >= 11 is 3.79. The smallest absolute Gasteiger partial charge is 0.280 e. The predicted octanol–water partition coefficient (Wildman–Crippen LogP) is 5.50. The van der Waals surface area contributed by atoms with Crippen LogP contribution in [0.4, 0.5) is 20.6 Å². The van der Waals surface area contributed by atoms with Crippen molar-refractivity contribution >= 4 is 29.2 Å². The molecule has 28 heavy (non-hydrogen) atoms. The quantitative estimate of drug-likeness (QED) is 0.518. The second-order valence-electron chi connectivity index (χ2n) is 6.37. The second-order valence-corrected chi connectivity index (χ2v) is 6.77. The van der Waals surface area contributed by atoms with E-state index in [1.165, 1.54) is 12.1 Å². The van der Waals surface area contributed by atoms with Gasteiger partial charge in [-0.15, -0.1) is 0 Å². The van der Waals surface area contributed by atoms with Crippen LogP contribution in [0.15, 0.2) is 72.8 Å². The highest BCUT2D eigenvalue weighted by atomic mass is 32.1. The molecule has 0 heterocycles. The van der Waals surface area contributed by atoms with Crippen molar-refractivity contribution in [1.29, 1.82) is 0 Å². The molecule has 0 fully saturated rings. The number of amides is 1. The normalized spacial score (nSPS) is 10.4. The number of carbonyl (C=O) groups is 1. The maximum atomic E-state index is 13.1. The molecule has 3 rings (SSSR count). The van der Waals surface area contributed by atoms with Gasteiger partial charge in [0.15, 0.2) is 0 Å². The number of benzene rings is 3. The summed E-state index contributed by atoms with van der Waals surface area (Å²) in [5.41, 5.74) is 3.47. The molecule has 0 bridgehead atoms. The van der Waals surface area contributed by atoms with Crippen molar-refractivity contribution in [1.82, 2.24) is 0 Å². The van der Waals surface area contributed by atoms with Crippen molar-refractivity contribution in [2.75, 3.05) is 17.3 Å². The minimum absolute atomic E-state index is 0.255. The first kappa shape index (κ1) is 19.8. The number of rotatable bonds is 7. The molecule has 1 N–H and O–H groups in total. The molecule has 0 atom stereocenters. The Hall–Kier alpha value is -2.99. The van der Waals surface area contributed by atoms with Crippen molar-refractivity contribution < 1.29 is 13.9 Å². The fourth-order valence-electron chi connectivity index (χ4n) is 2.78. The van der Waals surface area contributed by atoms with E-state index in [1.54, 1.807) is 18.2 Å².